The first-order valence-electron chi connectivity index (χ1n) is 18.5. The van der Waals surface area contributed by atoms with Crippen LogP contribution >= 0.6 is 0 Å². The van der Waals surface area contributed by atoms with Gasteiger partial charge in [0.25, 0.3) is 0 Å². The maximum Gasteiger partial charge on any atom is 0.158 e. The molecule has 0 saturated heterocycles. The number of fused-ring (bicyclic) bond motifs is 1. The number of unbranched alkanes of at least 4 members (excludes halogenated alkanes) is 2. The molecule has 4 aromatic carbocycles. The molecule has 5 nitrogen and oxygen atoms in total. The Morgan fingerprint density at radius 2 is 1.12 bits per heavy atom. The number of hydrogen-bond acceptors (Lipinski definition) is 5. The van der Waals surface area contributed by atoms with E-state index < -0.39 is 0 Å². The van der Waals surface area contributed by atoms with Crippen molar-refractivity contribution in [2.45, 2.75) is 126 Å². The van der Waals surface area contributed by atoms with Crippen molar-refractivity contribution in [3.8, 4) is 11.5 Å². The van der Waals surface area contributed by atoms with Gasteiger partial charge in [-0.15, -0.1) is 0 Å². The molecule has 2 N–H and O–H groups in total. The van der Waals surface area contributed by atoms with Crippen molar-refractivity contribution in [2.75, 3.05) is 0 Å². The molecule has 4 rings (SSSR count). The second-order valence-corrected chi connectivity index (χ2v) is 12.7. The van der Waals surface area contributed by atoms with Gasteiger partial charge in [0.15, 0.2) is 11.5 Å². The van der Waals surface area contributed by atoms with Gasteiger partial charge in [-0.2, -0.15) is 0 Å². The van der Waals surface area contributed by atoms with Gasteiger partial charge in [0, 0.05) is 39.5 Å². The summed E-state index contributed by atoms with van der Waals surface area (Å²) in [6.07, 6.45) is 13.4. The van der Waals surface area contributed by atoms with Gasteiger partial charge in [0.05, 0.1) is 17.1 Å². The molecular weight excluding hydrogens is 711 g/mol. The van der Waals surface area contributed by atoms with Crippen LogP contribution in [-0.4, -0.2) is 27.9 Å². The van der Waals surface area contributed by atoms with E-state index in [0.29, 0.717) is 12.8 Å². The summed E-state index contributed by atoms with van der Waals surface area (Å²) in [4.78, 5) is 21.4. The van der Waals surface area contributed by atoms with Crippen molar-refractivity contribution in [2.24, 2.45) is 9.98 Å². The molecule has 0 amide bonds. The van der Waals surface area contributed by atoms with Crippen LogP contribution in [0.5, 0.6) is 11.5 Å². The number of hydrogen-bond donors (Lipinski definition) is 2. The zero-order valence-corrected chi connectivity index (χ0v) is 32.9. The van der Waals surface area contributed by atoms with E-state index >= 15 is 0 Å². The first-order chi connectivity index (χ1) is 23.7. The SMILES string of the molecule is CCCCC(C=Nc1ccc(CC)c(CC)c1)=Nc1ccc(CC)c(CC)c1.CCCCc1ccc(CC(=O)CC)c2cc(O)c(O)cc12.[Pd]. The molecule has 0 fully saturated rings. The van der Waals surface area contributed by atoms with Gasteiger partial charge in [-0.1, -0.05) is 85.6 Å². The number of phenolic OH excluding ortho intramolecular Hbond substituents is 2. The van der Waals surface area contributed by atoms with Gasteiger partial charge < -0.3 is 10.2 Å². The van der Waals surface area contributed by atoms with Crippen LogP contribution in [0.3, 0.4) is 0 Å². The molecular formula is C44H58N2O3Pd. The number of aromatic hydroxyl groups is 2. The predicted octanol–water partition coefficient (Wildman–Crippen LogP) is 11.7. The van der Waals surface area contributed by atoms with Crippen molar-refractivity contribution in [3.63, 3.8) is 0 Å². The molecule has 0 aromatic heterocycles. The maximum atomic E-state index is 11.7. The summed E-state index contributed by atoms with van der Waals surface area (Å²) < 4.78 is 0. The summed E-state index contributed by atoms with van der Waals surface area (Å²) in [5.74, 6) is -0.0790. The molecule has 0 unspecified atom stereocenters. The molecule has 0 bridgehead atoms. The second-order valence-electron chi connectivity index (χ2n) is 12.7. The van der Waals surface area contributed by atoms with Crippen LogP contribution in [0.4, 0.5) is 11.4 Å². The van der Waals surface area contributed by atoms with E-state index in [-0.39, 0.29) is 37.7 Å². The van der Waals surface area contributed by atoms with Crippen molar-refractivity contribution in [3.05, 3.63) is 94.0 Å². The van der Waals surface area contributed by atoms with Crippen molar-refractivity contribution < 1.29 is 35.4 Å². The number of aliphatic imine (C=N–C) groups is 2. The molecule has 0 saturated carbocycles. The monoisotopic (exact) mass is 768 g/mol. The van der Waals surface area contributed by atoms with Gasteiger partial charge >= 0.3 is 0 Å². The number of carbonyl (C=O) groups is 1. The minimum Gasteiger partial charge on any atom is -0.504 e. The topological polar surface area (TPSA) is 82.2 Å². The molecule has 50 heavy (non-hydrogen) atoms. The van der Waals surface area contributed by atoms with Crippen LogP contribution < -0.4 is 0 Å². The fraction of sp³-hybridized carbons (Fsp3) is 0.432. The Morgan fingerprint density at radius 1 is 0.620 bits per heavy atom. The minimum atomic E-state index is -0.139. The summed E-state index contributed by atoms with van der Waals surface area (Å²) in [5.41, 5.74) is 10.8. The number of carbonyl (C=O) groups excluding carboxylic acids is 1. The number of phenols is 2. The zero-order chi connectivity index (χ0) is 35.8. The molecule has 0 heterocycles. The van der Waals surface area contributed by atoms with Gasteiger partial charge in [-0.3, -0.25) is 14.8 Å². The van der Waals surface area contributed by atoms with Crippen molar-refractivity contribution >= 4 is 39.9 Å². The molecule has 0 spiro atoms. The smallest absolute Gasteiger partial charge is 0.158 e. The maximum absolute atomic E-state index is 11.7. The fourth-order valence-corrected chi connectivity index (χ4v) is 6.11. The van der Waals surface area contributed by atoms with Crippen molar-refractivity contribution in [1.82, 2.24) is 0 Å². The molecule has 0 atom stereocenters. The summed E-state index contributed by atoms with van der Waals surface area (Å²) in [6, 6.07) is 20.3. The predicted molar refractivity (Wildman–Crippen MR) is 210 cm³/mol. The van der Waals surface area contributed by atoms with E-state index in [4.69, 9.17) is 9.98 Å². The summed E-state index contributed by atoms with van der Waals surface area (Å²) >= 11 is 0. The molecule has 0 aliphatic rings. The molecule has 6 heteroatoms. The third-order valence-corrected chi connectivity index (χ3v) is 9.20. The minimum absolute atomic E-state index is 0. The van der Waals surface area contributed by atoms with Crippen LogP contribution in [0.2, 0.25) is 0 Å². The second kappa shape index (κ2) is 22.3. The standard InChI is InChI=1S/C26H36N2.C18H22O3.Pd/c1-6-11-12-26(28-25-16-14-21(8-3)23(10-5)18-25)19-27-24-15-13-20(7-2)22(9-4)17-24;1-3-5-6-12-7-8-13(9-14(19)4-2)16-11-18(21)17(20)10-15(12)16;/h13-19H,6-12H2,1-5H3;7-8,10-11,20-21H,3-6,9H2,1-2H3;. The fourth-order valence-electron chi connectivity index (χ4n) is 6.11. The Labute approximate surface area is 315 Å². The van der Waals surface area contributed by atoms with E-state index in [1.54, 1.807) is 12.1 Å². The summed E-state index contributed by atoms with van der Waals surface area (Å²) in [6.45, 7) is 15.1. The van der Waals surface area contributed by atoms with Gasteiger partial charge in [0.2, 0.25) is 0 Å². The Balaban J connectivity index is 0.000000353. The molecule has 0 aliphatic heterocycles. The molecule has 0 aliphatic carbocycles. The van der Waals surface area contributed by atoms with Gasteiger partial charge in [-0.05, 0) is 132 Å². The Bertz CT molecular complexity index is 1740. The number of aryl methyl sites for hydroxylation is 5. The third kappa shape index (κ3) is 12.3. The van der Waals surface area contributed by atoms with Crippen molar-refractivity contribution in [1.29, 1.82) is 0 Å². The van der Waals surface area contributed by atoms with E-state index in [0.717, 1.165) is 103 Å². The Kier molecular flexibility index (Phi) is 19.0. The quantitative estimate of drug-likeness (QED) is 0.0676. The van der Waals surface area contributed by atoms with Crippen LogP contribution in [-0.2, 0) is 63.7 Å². The summed E-state index contributed by atoms with van der Waals surface area (Å²) in [7, 11) is 0. The Morgan fingerprint density at radius 3 is 1.66 bits per heavy atom. The van der Waals surface area contributed by atoms with Crippen LogP contribution in [0.15, 0.2) is 70.6 Å². The number of Topliss-reactive ketones (excluding diaryl/α,β-unsaturated/α-hetero) is 1. The van der Waals surface area contributed by atoms with E-state index in [2.05, 4.69) is 77.9 Å². The number of rotatable bonds is 16. The average molecular weight is 769 g/mol. The van der Waals surface area contributed by atoms with Gasteiger partial charge in [0.1, 0.15) is 5.78 Å². The number of ketones is 1. The molecule has 272 valence electrons. The molecule has 4 aromatic rings. The number of benzene rings is 4. The van der Waals surface area contributed by atoms with Crippen LogP contribution in [0.1, 0.15) is 120 Å². The van der Waals surface area contributed by atoms with Gasteiger partial charge in [-0.25, -0.2) is 0 Å². The normalized spacial score (nSPS) is 11.4. The first-order valence-corrected chi connectivity index (χ1v) is 18.5. The van der Waals surface area contributed by atoms with E-state index in [1.165, 1.54) is 22.3 Å². The molecule has 0 radical (unpaired) electrons. The van der Waals surface area contributed by atoms with Crippen LogP contribution in [0, 0.1) is 0 Å². The first kappa shape index (κ1) is 42.6. The average Bonchev–Trinajstić information content (AvgIpc) is 3.12. The number of nitrogens with zero attached hydrogens (tertiary/aromatic N) is 2. The Hall–Kier alpha value is -3.59. The largest absolute Gasteiger partial charge is 0.504 e. The zero-order valence-electron chi connectivity index (χ0n) is 31.3. The third-order valence-electron chi connectivity index (χ3n) is 9.20. The summed E-state index contributed by atoms with van der Waals surface area (Å²) in [5, 5.41) is 21.3. The van der Waals surface area contributed by atoms with E-state index in [1.807, 2.05) is 25.3 Å². The van der Waals surface area contributed by atoms with Crippen LogP contribution in [0.25, 0.3) is 10.8 Å². The van der Waals surface area contributed by atoms with E-state index in [9.17, 15) is 15.0 Å².